The molecule has 21 heavy (non-hydrogen) atoms. The number of hydrogen-bond acceptors (Lipinski definition) is 3. The Labute approximate surface area is 123 Å². The molecule has 0 fully saturated rings. The van der Waals surface area contributed by atoms with Gasteiger partial charge in [-0.3, -0.25) is 9.78 Å². The Morgan fingerprint density at radius 1 is 1.19 bits per heavy atom. The SMILES string of the molecule is CN(C)CC(=C(C=O)c1cccc(F)c1)c1ccncc1. The van der Waals surface area contributed by atoms with Crippen molar-refractivity contribution in [3.8, 4) is 0 Å². The summed E-state index contributed by atoms with van der Waals surface area (Å²) in [6, 6.07) is 9.78. The molecule has 1 aromatic carbocycles. The van der Waals surface area contributed by atoms with Gasteiger partial charge in [0, 0.05) is 24.5 Å². The second-order valence-corrected chi connectivity index (χ2v) is 4.99. The lowest BCUT2D eigenvalue weighted by atomic mass is 9.95. The van der Waals surface area contributed by atoms with Gasteiger partial charge in [0.1, 0.15) is 5.82 Å². The van der Waals surface area contributed by atoms with Crippen LogP contribution in [0.1, 0.15) is 11.1 Å². The Kier molecular flexibility index (Phi) is 4.95. The summed E-state index contributed by atoms with van der Waals surface area (Å²) in [4.78, 5) is 17.6. The summed E-state index contributed by atoms with van der Waals surface area (Å²) in [7, 11) is 3.85. The van der Waals surface area contributed by atoms with Gasteiger partial charge in [-0.1, -0.05) is 12.1 Å². The Morgan fingerprint density at radius 2 is 1.90 bits per heavy atom. The van der Waals surface area contributed by atoms with E-state index < -0.39 is 0 Å². The van der Waals surface area contributed by atoms with Gasteiger partial charge in [-0.2, -0.15) is 0 Å². The van der Waals surface area contributed by atoms with Gasteiger partial charge in [0.2, 0.25) is 0 Å². The third-order valence-electron chi connectivity index (χ3n) is 3.08. The fourth-order valence-corrected chi connectivity index (χ4v) is 2.17. The highest BCUT2D eigenvalue weighted by molar-refractivity contribution is 6.17. The third kappa shape index (κ3) is 3.83. The van der Waals surface area contributed by atoms with E-state index >= 15 is 0 Å². The molecular formula is C17H17FN2O. The number of rotatable bonds is 5. The first-order valence-corrected chi connectivity index (χ1v) is 6.61. The minimum atomic E-state index is -0.356. The zero-order chi connectivity index (χ0) is 15.2. The van der Waals surface area contributed by atoms with Crippen LogP contribution in [0.25, 0.3) is 11.1 Å². The highest BCUT2D eigenvalue weighted by Crippen LogP contribution is 2.25. The molecule has 3 nitrogen and oxygen atoms in total. The van der Waals surface area contributed by atoms with Crippen LogP contribution in [0.4, 0.5) is 4.39 Å². The van der Waals surface area contributed by atoms with Crippen LogP contribution in [-0.4, -0.2) is 36.8 Å². The first-order chi connectivity index (χ1) is 10.1. The number of allylic oxidation sites excluding steroid dienone is 1. The lowest BCUT2D eigenvalue weighted by Crippen LogP contribution is -2.16. The molecular weight excluding hydrogens is 267 g/mol. The number of halogens is 1. The van der Waals surface area contributed by atoms with E-state index in [0.29, 0.717) is 17.7 Å². The van der Waals surface area contributed by atoms with Crippen LogP contribution in [0.3, 0.4) is 0 Å². The molecule has 0 aliphatic rings. The van der Waals surface area contributed by atoms with Crippen LogP contribution in [-0.2, 0) is 4.79 Å². The molecule has 0 saturated carbocycles. The minimum absolute atomic E-state index is 0.356. The van der Waals surface area contributed by atoms with Gasteiger partial charge in [0.15, 0.2) is 6.29 Å². The van der Waals surface area contributed by atoms with Crippen molar-refractivity contribution in [1.29, 1.82) is 0 Å². The molecule has 0 unspecified atom stereocenters. The van der Waals surface area contributed by atoms with Crippen molar-refractivity contribution in [2.24, 2.45) is 0 Å². The van der Waals surface area contributed by atoms with Crippen LogP contribution in [0.5, 0.6) is 0 Å². The lowest BCUT2D eigenvalue weighted by molar-refractivity contribution is -0.103. The van der Waals surface area contributed by atoms with Crippen molar-refractivity contribution >= 4 is 17.4 Å². The zero-order valence-electron chi connectivity index (χ0n) is 12.1. The summed E-state index contributed by atoms with van der Waals surface area (Å²) < 4.78 is 13.4. The molecule has 0 radical (unpaired) electrons. The molecule has 0 aliphatic carbocycles. The molecule has 0 spiro atoms. The van der Waals surface area contributed by atoms with Gasteiger partial charge in [-0.15, -0.1) is 0 Å². The quantitative estimate of drug-likeness (QED) is 0.625. The molecule has 2 aromatic rings. The molecule has 0 amide bonds. The van der Waals surface area contributed by atoms with Gasteiger partial charge in [-0.25, -0.2) is 4.39 Å². The smallest absolute Gasteiger partial charge is 0.151 e. The molecule has 4 heteroatoms. The molecule has 0 N–H and O–H groups in total. The number of aldehydes is 1. The van der Waals surface area contributed by atoms with Crippen LogP contribution >= 0.6 is 0 Å². The van der Waals surface area contributed by atoms with Crippen LogP contribution < -0.4 is 0 Å². The second kappa shape index (κ2) is 6.90. The number of carbonyl (C=O) groups excluding carboxylic acids is 1. The third-order valence-corrected chi connectivity index (χ3v) is 3.08. The minimum Gasteiger partial charge on any atom is -0.305 e. The number of carbonyl (C=O) groups is 1. The summed E-state index contributed by atoms with van der Waals surface area (Å²) in [6.45, 7) is 0.578. The number of pyridine rings is 1. The maximum atomic E-state index is 13.4. The Bertz CT molecular complexity index is 651. The maximum absolute atomic E-state index is 13.4. The first-order valence-electron chi connectivity index (χ1n) is 6.61. The highest BCUT2D eigenvalue weighted by Gasteiger charge is 2.12. The summed E-state index contributed by atoms with van der Waals surface area (Å²) in [5.41, 5.74) is 2.83. The number of benzene rings is 1. The van der Waals surface area contributed by atoms with E-state index in [1.54, 1.807) is 24.5 Å². The van der Waals surface area contributed by atoms with Gasteiger partial charge >= 0.3 is 0 Å². The average Bonchev–Trinajstić information content (AvgIpc) is 2.48. The summed E-state index contributed by atoms with van der Waals surface area (Å²) >= 11 is 0. The van der Waals surface area contributed by atoms with Crippen LogP contribution in [0, 0.1) is 5.82 Å². The zero-order valence-corrected chi connectivity index (χ0v) is 12.1. The van der Waals surface area contributed by atoms with Crippen molar-refractivity contribution < 1.29 is 9.18 Å². The maximum Gasteiger partial charge on any atom is 0.151 e. The van der Waals surface area contributed by atoms with Crippen LogP contribution in [0.15, 0.2) is 48.8 Å². The Balaban J connectivity index is 2.61. The average molecular weight is 284 g/mol. The largest absolute Gasteiger partial charge is 0.305 e. The number of aromatic nitrogens is 1. The van der Waals surface area contributed by atoms with E-state index in [2.05, 4.69) is 4.98 Å². The predicted octanol–water partition coefficient (Wildman–Crippen LogP) is 2.89. The Hall–Kier alpha value is -2.33. The predicted molar refractivity (Wildman–Crippen MR) is 82.1 cm³/mol. The van der Waals surface area contributed by atoms with E-state index in [1.807, 2.05) is 31.1 Å². The number of hydrogen-bond donors (Lipinski definition) is 0. The summed E-state index contributed by atoms with van der Waals surface area (Å²) in [5, 5.41) is 0. The molecule has 108 valence electrons. The standard InChI is InChI=1S/C17H17FN2O/c1-20(2)11-16(13-6-8-19-9-7-13)17(12-21)14-4-3-5-15(18)10-14/h3-10,12H,11H2,1-2H3. The van der Waals surface area contributed by atoms with Gasteiger partial charge < -0.3 is 4.90 Å². The van der Waals surface area contributed by atoms with Gasteiger partial charge in [0.05, 0.1) is 0 Å². The fourth-order valence-electron chi connectivity index (χ4n) is 2.17. The monoisotopic (exact) mass is 284 g/mol. The molecule has 2 rings (SSSR count). The fraction of sp³-hybridized carbons (Fsp3) is 0.176. The van der Waals surface area contributed by atoms with E-state index in [4.69, 9.17) is 0 Å². The molecule has 1 heterocycles. The van der Waals surface area contributed by atoms with Crippen molar-refractivity contribution in [3.63, 3.8) is 0 Å². The van der Waals surface area contributed by atoms with Crippen LogP contribution in [0.2, 0.25) is 0 Å². The topological polar surface area (TPSA) is 33.2 Å². The van der Waals surface area contributed by atoms with E-state index in [-0.39, 0.29) is 5.82 Å². The Morgan fingerprint density at radius 3 is 2.48 bits per heavy atom. The lowest BCUT2D eigenvalue weighted by Gasteiger charge is -2.17. The van der Waals surface area contributed by atoms with Crippen molar-refractivity contribution in [3.05, 3.63) is 65.7 Å². The molecule has 0 aliphatic heterocycles. The molecule has 1 aromatic heterocycles. The van der Waals surface area contributed by atoms with Crippen molar-refractivity contribution in [2.75, 3.05) is 20.6 Å². The number of nitrogens with zero attached hydrogens (tertiary/aromatic N) is 2. The molecule has 0 atom stereocenters. The molecule has 0 bridgehead atoms. The number of likely N-dealkylation sites (N-methyl/N-ethyl adjacent to an activating group) is 1. The molecule has 0 saturated heterocycles. The van der Waals surface area contributed by atoms with E-state index in [1.165, 1.54) is 12.1 Å². The normalized spacial score (nSPS) is 12.2. The van der Waals surface area contributed by atoms with Gasteiger partial charge in [-0.05, 0) is 55.1 Å². The second-order valence-electron chi connectivity index (χ2n) is 4.99. The van der Waals surface area contributed by atoms with Crippen molar-refractivity contribution in [2.45, 2.75) is 0 Å². The summed E-state index contributed by atoms with van der Waals surface area (Å²) in [6.07, 6.45) is 4.14. The van der Waals surface area contributed by atoms with E-state index in [9.17, 15) is 9.18 Å². The van der Waals surface area contributed by atoms with Crippen molar-refractivity contribution in [1.82, 2.24) is 9.88 Å². The van der Waals surface area contributed by atoms with E-state index in [0.717, 1.165) is 17.4 Å². The first kappa shape index (κ1) is 15.1. The van der Waals surface area contributed by atoms with Gasteiger partial charge in [0.25, 0.3) is 0 Å². The highest BCUT2D eigenvalue weighted by atomic mass is 19.1. The summed E-state index contributed by atoms with van der Waals surface area (Å²) in [5.74, 6) is -0.356.